The van der Waals surface area contributed by atoms with Crippen molar-refractivity contribution in [1.82, 2.24) is 0 Å². The lowest BCUT2D eigenvalue weighted by molar-refractivity contribution is 0.593. The number of nitrogens with two attached hydrogens (primary N) is 1. The Bertz CT molecular complexity index is 713. The molecule has 0 aliphatic heterocycles. The Morgan fingerprint density at radius 3 is 2.15 bits per heavy atom. The van der Waals surface area contributed by atoms with Crippen LogP contribution < -0.4 is 5.73 Å². The van der Waals surface area contributed by atoms with Gasteiger partial charge < -0.3 is 5.73 Å². The molecule has 1 aliphatic rings. The van der Waals surface area contributed by atoms with Crippen LogP contribution in [-0.2, 0) is 9.84 Å². The van der Waals surface area contributed by atoms with E-state index >= 15 is 0 Å². The summed E-state index contributed by atoms with van der Waals surface area (Å²) in [7, 11) is -3.38. The van der Waals surface area contributed by atoms with Crippen molar-refractivity contribution >= 4 is 21.4 Å². The molecule has 104 valence electrons. The van der Waals surface area contributed by atoms with Crippen LogP contribution in [0.2, 0.25) is 5.02 Å². The molecule has 0 amide bonds. The molecule has 0 heterocycles. The molecule has 0 bridgehead atoms. The minimum Gasteiger partial charge on any atom is -0.326 e. The van der Waals surface area contributed by atoms with E-state index in [1.54, 1.807) is 42.5 Å². The first-order valence-electron chi connectivity index (χ1n) is 6.32. The summed E-state index contributed by atoms with van der Waals surface area (Å²) >= 11 is 5.85. The molecule has 5 heteroatoms. The lowest BCUT2D eigenvalue weighted by Crippen LogP contribution is -2.15. The molecule has 0 unspecified atom stereocenters. The van der Waals surface area contributed by atoms with Gasteiger partial charge in [0.25, 0.3) is 0 Å². The van der Waals surface area contributed by atoms with E-state index in [4.69, 9.17) is 17.3 Å². The third-order valence-corrected chi connectivity index (χ3v) is 6.20. The van der Waals surface area contributed by atoms with Gasteiger partial charge in [-0.1, -0.05) is 41.9 Å². The zero-order valence-electron chi connectivity index (χ0n) is 10.6. The van der Waals surface area contributed by atoms with Crippen molar-refractivity contribution < 1.29 is 8.42 Å². The van der Waals surface area contributed by atoms with Crippen LogP contribution in [0.25, 0.3) is 0 Å². The van der Waals surface area contributed by atoms with Crippen molar-refractivity contribution in [3.63, 3.8) is 0 Å². The zero-order chi connectivity index (χ0) is 14.3. The highest BCUT2D eigenvalue weighted by atomic mass is 35.5. The topological polar surface area (TPSA) is 60.2 Å². The molecule has 0 radical (unpaired) electrons. The SMILES string of the molecule is N[C@@H]1[C@H](c2ccc(Cl)cc2)[C@@H]1S(=O)(=O)c1ccccc1. The Hall–Kier alpha value is -1.36. The van der Waals surface area contributed by atoms with Crippen LogP contribution in [0.3, 0.4) is 0 Å². The Kier molecular flexibility index (Phi) is 3.32. The van der Waals surface area contributed by atoms with Crippen LogP contribution in [0.15, 0.2) is 59.5 Å². The van der Waals surface area contributed by atoms with E-state index in [1.807, 2.05) is 12.1 Å². The lowest BCUT2D eigenvalue weighted by Gasteiger charge is -2.03. The van der Waals surface area contributed by atoms with Gasteiger partial charge >= 0.3 is 0 Å². The van der Waals surface area contributed by atoms with Gasteiger partial charge in [-0.05, 0) is 29.8 Å². The molecule has 3 atom stereocenters. The Morgan fingerprint density at radius 2 is 1.55 bits per heavy atom. The number of hydrogen-bond donors (Lipinski definition) is 1. The number of hydrogen-bond acceptors (Lipinski definition) is 3. The number of rotatable bonds is 3. The normalized spacial score (nSPS) is 25.4. The molecular weight excluding hydrogens is 294 g/mol. The average molecular weight is 308 g/mol. The standard InChI is InChI=1S/C15H14ClNO2S/c16-11-8-6-10(7-9-11)13-14(17)15(13)20(18,19)12-4-2-1-3-5-12/h1-9,13-15H,17H2/t13-,14+,15-/m0/s1. The van der Waals surface area contributed by atoms with E-state index < -0.39 is 15.1 Å². The largest absolute Gasteiger partial charge is 0.326 e. The summed E-state index contributed by atoms with van der Waals surface area (Å²) in [5, 5.41) is 0.0801. The maximum atomic E-state index is 12.5. The maximum absolute atomic E-state index is 12.5. The molecule has 20 heavy (non-hydrogen) atoms. The van der Waals surface area contributed by atoms with E-state index in [9.17, 15) is 8.42 Å². The van der Waals surface area contributed by atoms with Crippen molar-refractivity contribution in [3.05, 3.63) is 65.2 Å². The fourth-order valence-corrected chi connectivity index (χ4v) is 4.76. The lowest BCUT2D eigenvalue weighted by atomic mass is 10.1. The molecule has 0 spiro atoms. The maximum Gasteiger partial charge on any atom is 0.183 e. The van der Waals surface area contributed by atoms with Gasteiger partial charge in [0.05, 0.1) is 10.1 Å². The van der Waals surface area contributed by atoms with Crippen molar-refractivity contribution in [2.75, 3.05) is 0 Å². The van der Waals surface area contributed by atoms with Crippen LogP contribution in [0.5, 0.6) is 0 Å². The first kappa shape index (κ1) is 13.6. The molecule has 3 rings (SSSR count). The summed E-state index contributed by atoms with van der Waals surface area (Å²) in [5.41, 5.74) is 6.91. The molecule has 2 N–H and O–H groups in total. The number of benzene rings is 2. The molecule has 3 nitrogen and oxygen atoms in total. The smallest absolute Gasteiger partial charge is 0.183 e. The Morgan fingerprint density at radius 1 is 0.950 bits per heavy atom. The fourth-order valence-electron chi connectivity index (χ4n) is 2.57. The van der Waals surface area contributed by atoms with Gasteiger partial charge in [0.15, 0.2) is 9.84 Å². The van der Waals surface area contributed by atoms with Gasteiger partial charge in [-0.2, -0.15) is 0 Å². The highest BCUT2D eigenvalue weighted by molar-refractivity contribution is 7.92. The average Bonchev–Trinajstić information content (AvgIpc) is 3.13. The van der Waals surface area contributed by atoms with E-state index in [0.717, 1.165) is 5.56 Å². The van der Waals surface area contributed by atoms with Gasteiger partial charge in [0.2, 0.25) is 0 Å². The quantitative estimate of drug-likeness (QED) is 0.948. The van der Waals surface area contributed by atoms with Gasteiger partial charge in [-0.3, -0.25) is 0 Å². The predicted octanol–water partition coefficient (Wildman–Crippen LogP) is 2.61. The fraction of sp³-hybridized carbons (Fsp3) is 0.200. The molecule has 1 saturated carbocycles. The molecule has 1 fully saturated rings. The Labute approximate surface area is 123 Å². The molecular formula is C15H14ClNO2S. The summed E-state index contributed by atoms with van der Waals surface area (Å²) in [6.45, 7) is 0. The van der Waals surface area contributed by atoms with Gasteiger partial charge in [-0.15, -0.1) is 0 Å². The number of sulfone groups is 1. The molecule has 1 aliphatic carbocycles. The first-order valence-corrected chi connectivity index (χ1v) is 8.24. The van der Waals surface area contributed by atoms with Gasteiger partial charge in [0.1, 0.15) is 0 Å². The van der Waals surface area contributed by atoms with E-state index in [2.05, 4.69) is 0 Å². The minimum absolute atomic E-state index is 0.155. The van der Waals surface area contributed by atoms with Gasteiger partial charge in [-0.25, -0.2) is 8.42 Å². The van der Waals surface area contributed by atoms with Crippen LogP contribution >= 0.6 is 11.6 Å². The minimum atomic E-state index is -3.38. The van der Waals surface area contributed by atoms with E-state index in [-0.39, 0.29) is 12.0 Å². The second-order valence-electron chi connectivity index (χ2n) is 4.98. The predicted molar refractivity (Wildman–Crippen MR) is 79.6 cm³/mol. The van der Waals surface area contributed by atoms with Crippen LogP contribution in [0.1, 0.15) is 11.5 Å². The second kappa shape index (κ2) is 4.88. The van der Waals surface area contributed by atoms with Crippen molar-refractivity contribution in [2.45, 2.75) is 22.1 Å². The third kappa shape index (κ3) is 2.24. The molecule has 2 aromatic rings. The summed E-state index contributed by atoms with van der Waals surface area (Å²) in [4.78, 5) is 0.330. The van der Waals surface area contributed by atoms with E-state index in [0.29, 0.717) is 9.92 Å². The summed E-state index contributed by atoms with van der Waals surface area (Å²) in [5.74, 6) is -0.155. The second-order valence-corrected chi connectivity index (χ2v) is 7.52. The third-order valence-electron chi connectivity index (χ3n) is 3.69. The highest BCUT2D eigenvalue weighted by Gasteiger charge is 2.56. The van der Waals surface area contributed by atoms with Crippen LogP contribution in [0.4, 0.5) is 0 Å². The van der Waals surface area contributed by atoms with E-state index in [1.165, 1.54) is 0 Å². The zero-order valence-corrected chi connectivity index (χ0v) is 12.2. The van der Waals surface area contributed by atoms with Crippen LogP contribution in [-0.4, -0.2) is 19.7 Å². The Balaban J connectivity index is 1.91. The van der Waals surface area contributed by atoms with Crippen molar-refractivity contribution in [1.29, 1.82) is 0 Å². The monoisotopic (exact) mass is 307 g/mol. The highest BCUT2D eigenvalue weighted by Crippen LogP contribution is 2.47. The van der Waals surface area contributed by atoms with Crippen LogP contribution in [0, 0.1) is 0 Å². The summed E-state index contributed by atoms with van der Waals surface area (Å²) in [6.07, 6.45) is 0. The summed E-state index contributed by atoms with van der Waals surface area (Å²) < 4.78 is 25.1. The van der Waals surface area contributed by atoms with Gasteiger partial charge in [0, 0.05) is 17.0 Å². The summed E-state index contributed by atoms with van der Waals surface area (Å²) in [6, 6.07) is 15.3. The van der Waals surface area contributed by atoms with Crippen molar-refractivity contribution in [3.8, 4) is 0 Å². The number of halogens is 1. The molecule has 0 saturated heterocycles. The molecule has 0 aromatic heterocycles. The first-order chi connectivity index (χ1) is 9.51. The molecule has 2 aromatic carbocycles. The van der Waals surface area contributed by atoms with Crippen molar-refractivity contribution in [2.24, 2.45) is 5.73 Å².